The summed E-state index contributed by atoms with van der Waals surface area (Å²) in [7, 11) is 0. The second kappa shape index (κ2) is 9.81. The number of hydrogen-bond donors (Lipinski definition) is 2. The molecule has 0 saturated carbocycles. The maximum Gasteiger partial charge on any atom is 0.405 e. The molecule has 4 aromatic rings. The standard InChI is InChI=1S/C23H18F3N5O4/c24-23(25,26)13-29-22(34)31(35-14-33)18-3-1-2-17(8-18)20-11-28-21-9-16(6-7-30(20)21)19-5-4-15(12-32)10-27-19/h1-11,14,32H,12-13H2,(H,29,34). The van der Waals surface area contributed by atoms with E-state index in [9.17, 15) is 27.9 Å². The summed E-state index contributed by atoms with van der Waals surface area (Å²) in [6, 6.07) is 12.1. The van der Waals surface area contributed by atoms with E-state index in [1.807, 2.05) is 12.1 Å². The minimum atomic E-state index is -4.63. The monoisotopic (exact) mass is 485 g/mol. The van der Waals surface area contributed by atoms with Crippen LogP contribution in [0.2, 0.25) is 0 Å². The fourth-order valence-corrected chi connectivity index (χ4v) is 3.35. The molecule has 180 valence electrons. The Labute approximate surface area is 196 Å². The summed E-state index contributed by atoms with van der Waals surface area (Å²) in [6.07, 6.45) is 0.322. The van der Waals surface area contributed by atoms with Gasteiger partial charge in [0.05, 0.1) is 29.9 Å². The number of pyridine rings is 2. The van der Waals surface area contributed by atoms with Crippen LogP contribution in [0.5, 0.6) is 0 Å². The minimum absolute atomic E-state index is 0.0361. The van der Waals surface area contributed by atoms with Gasteiger partial charge in [-0.3, -0.25) is 14.2 Å². The molecule has 3 heterocycles. The van der Waals surface area contributed by atoms with Crippen molar-refractivity contribution in [3.05, 3.63) is 72.7 Å². The number of fused-ring (bicyclic) bond motifs is 1. The highest BCUT2D eigenvalue weighted by atomic mass is 19.4. The predicted molar refractivity (Wildman–Crippen MR) is 119 cm³/mol. The van der Waals surface area contributed by atoms with E-state index in [0.29, 0.717) is 33.2 Å². The molecule has 9 nitrogen and oxygen atoms in total. The molecule has 0 fully saturated rings. The lowest BCUT2D eigenvalue weighted by Crippen LogP contribution is -2.43. The zero-order chi connectivity index (χ0) is 25.0. The molecule has 0 atom stereocenters. The molecule has 0 saturated heterocycles. The smallest absolute Gasteiger partial charge is 0.392 e. The molecule has 0 aliphatic carbocycles. The number of hydroxylamine groups is 1. The summed E-state index contributed by atoms with van der Waals surface area (Å²) in [4.78, 5) is 36.4. The van der Waals surface area contributed by atoms with Gasteiger partial charge in [0, 0.05) is 23.5 Å². The first-order valence-corrected chi connectivity index (χ1v) is 10.2. The normalized spacial score (nSPS) is 11.3. The van der Waals surface area contributed by atoms with Crippen LogP contribution >= 0.6 is 0 Å². The number of aromatic nitrogens is 3. The van der Waals surface area contributed by atoms with Gasteiger partial charge in [-0.05, 0) is 35.9 Å². The van der Waals surface area contributed by atoms with Crippen molar-refractivity contribution in [3.8, 4) is 22.5 Å². The third kappa shape index (κ3) is 5.38. The molecule has 0 aliphatic heterocycles. The summed E-state index contributed by atoms with van der Waals surface area (Å²) in [5.74, 6) is 0. The molecule has 3 aromatic heterocycles. The Bertz CT molecular complexity index is 1360. The van der Waals surface area contributed by atoms with Crippen LogP contribution in [0.25, 0.3) is 28.2 Å². The second-order valence-corrected chi connectivity index (χ2v) is 7.32. The molecule has 1 aromatic carbocycles. The highest BCUT2D eigenvalue weighted by Crippen LogP contribution is 2.28. The van der Waals surface area contributed by atoms with Gasteiger partial charge in [-0.25, -0.2) is 9.78 Å². The number of aliphatic hydroxyl groups is 1. The van der Waals surface area contributed by atoms with E-state index in [-0.39, 0.29) is 18.8 Å². The topological polar surface area (TPSA) is 109 Å². The number of imidazole rings is 1. The summed E-state index contributed by atoms with van der Waals surface area (Å²) in [5.41, 5.74) is 4.02. The summed E-state index contributed by atoms with van der Waals surface area (Å²) in [6.45, 7) is -1.75. The van der Waals surface area contributed by atoms with Gasteiger partial charge in [0.15, 0.2) is 0 Å². The zero-order valence-corrected chi connectivity index (χ0v) is 17.9. The Morgan fingerprint density at radius 2 is 1.94 bits per heavy atom. The number of alkyl halides is 3. The van der Waals surface area contributed by atoms with Gasteiger partial charge in [0.25, 0.3) is 0 Å². The number of nitrogens with one attached hydrogen (secondary N) is 1. The van der Waals surface area contributed by atoms with Crippen molar-refractivity contribution < 1.29 is 32.7 Å². The minimum Gasteiger partial charge on any atom is -0.392 e. The number of hydrogen-bond acceptors (Lipinski definition) is 6. The number of anilines is 1. The average Bonchev–Trinajstić information content (AvgIpc) is 3.29. The van der Waals surface area contributed by atoms with Crippen molar-refractivity contribution in [2.24, 2.45) is 0 Å². The molecule has 4 rings (SSSR count). The first kappa shape index (κ1) is 23.7. The molecule has 2 amide bonds. The van der Waals surface area contributed by atoms with Crippen molar-refractivity contribution in [1.82, 2.24) is 19.7 Å². The Morgan fingerprint density at radius 3 is 2.63 bits per heavy atom. The van der Waals surface area contributed by atoms with E-state index in [1.54, 1.807) is 52.6 Å². The lowest BCUT2D eigenvalue weighted by Gasteiger charge is -2.20. The Morgan fingerprint density at radius 1 is 1.11 bits per heavy atom. The molecule has 35 heavy (non-hydrogen) atoms. The number of amides is 2. The van der Waals surface area contributed by atoms with Gasteiger partial charge in [-0.2, -0.15) is 13.2 Å². The summed E-state index contributed by atoms with van der Waals surface area (Å²) >= 11 is 0. The van der Waals surface area contributed by atoms with Crippen molar-refractivity contribution in [2.75, 3.05) is 11.6 Å². The fourth-order valence-electron chi connectivity index (χ4n) is 3.35. The van der Waals surface area contributed by atoms with Gasteiger partial charge in [-0.15, -0.1) is 5.06 Å². The van der Waals surface area contributed by atoms with E-state index in [0.717, 1.165) is 5.56 Å². The second-order valence-electron chi connectivity index (χ2n) is 7.32. The number of urea groups is 1. The predicted octanol–water partition coefficient (Wildman–Crippen LogP) is 3.72. The molecular weight excluding hydrogens is 467 g/mol. The zero-order valence-electron chi connectivity index (χ0n) is 17.9. The van der Waals surface area contributed by atoms with Crippen molar-refractivity contribution >= 4 is 23.8 Å². The lowest BCUT2D eigenvalue weighted by atomic mass is 10.1. The van der Waals surface area contributed by atoms with Gasteiger partial charge in [-0.1, -0.05) is 18.2 Å². The highest BCUT2D eigenvalue weighted by Gasteiger charge is 2.30. The van der Waals surface area contributed by atoms with E-state index in [4.69, 9.17) is 0 Å². The van der Waals surface area contributed by atoms with Gasteiger partial charge in [0.1, 0.15) is 12.2 Å². The third-order valence-corrected chi connectivity index (χ3v) is 4.97. The van der Waals surface area contributed by atoms with Crippen LogP contribution in [-0.4, -0.2) is 44.7 Å². The van der Waals surface area contributed by atoms with Crippen LogP contribution in [0.15, 0.2) is 67.1 Å². The number of nitrogens with zero attached hydrogens (tertiary/aromatic N) is 4. The number of rotatable bonds is 7. The number of aliphatic hydroxyl groups excluding tert-OH is 1. The molecule has 0 spiro atoms. The Balaban J connectivity index is 1.63. The number of halogens is 3. The molecule has 12 heteroatoms. The number of benzene rings is 1. The number of carbonyl (C=O) groups is 2. The molecule has 0 aliphatic rings. The van der Waals surface area contributed by atoms with Gasteiger partial charge >= 0.3 is 18.7 Å². The summed E-state index contributed by atoms with van der Waals surface area (Å²) in [5, 5.41) is 11.3. The van der Waals surface area contributed by atoms with Gasteiger partial charge < -0.3 is 15.3 Å². The first-order chi connectivity index (χ1) is 16.8. The van der Waals surface area contributed by atoms with E-state index in [2.05, 4.69) is 14.8 Å². The van der Waals surface area contributed by atoms with E-state index < -0.39 is 18.8 Å². The van der Waals surface area contributed by atoms with E-state index in [1.165, 1.54) is 12.1 Å². The SMILES string of the molecule is O=CON(C(=O)NCC(F)(F)F)c1cccc(-c2cnc3cc(-c4ccc(CO)cn4)ccn23)c1. The molecular formula is C23H18F3N5O4. The van der Waals surface area contributed by atoms with Crippen LogP contribution < -0.4 is 10.4 Å². The maximum atomic E-state index is 12.5. The molecule has 0 radical (unpaired) electrons. The fraction of sp³-hybridized carbons (Fsp3) is 0.130. The Kier molecular flexibility index (Phi) is 6.64. The van der Waals surface area contributed by atoms with Crippen LogP contribution in [0.1, 0.15) is 5.56 Å². The number of carbonyl (C=O) groups excluding carboxylic acids is 2. The summed E-state index contributed by atoms with van der Waals surface area (Å²) < 4.78 is 39.2. The van der Waals surface area contributed by atoms with Gasteiger partial charge in [0.2, 0.25) is 0 Å². The van der Waals surface area contributed by atoms with Crippen molar-refractivity contribution in [1.29, 1.82) is 0 Å². The van der Waals surface area contributed by atoms with E-state index >= 15 is 0 Å². The maximum absolute atomic E-state index is 12.5. The molecule has 2 N–H and O–H groups in total. The van der Waals surface area contributed by atoms with Crippen molar-refractivity contribution in [3.63, 3.8) is 0 Å². The largest absolute Gasteiger partial charge is 0.405 e. The van der Waals surface area contributed by atoms with Crippen LogP contribution in [0.3, 0.4) is 0 Å². The lowest BCUT2D eigenvalue weighted by molar-refractivity contribution is -0.129. The highest BCUT2D eigenvalue weighted by molar-refractivity contribution is 5.91. The van der Waals surface area contributed by atoms with Crippen LogP contribution in [0.4, 0.5) is 23.7 Å². The van der Waals surface area contributed by atoms with Crippen LogP contribution in [-0.2, 0) is 16.2 Å². The quantitative estimate of drug-likeness (QED) is 0.305. The van der Waals surface area contributed by atoms with Crippen molar-refractivity contribution in [2.45, 2.75) is 12.8 Å². The third-order valence-electron chi connectivity index (χ3n) is 4.97. The molecule has 0 unspecified atom stereocenters. The Hall–Kier alpha value is -4.45. The first-order valence-electron chi connectivity index (χ1n) is 10.2. The van der Waals surface area contributed by atoms with Crippen LogP contribution in [0, 0.1) is 0 Å². The molecule has 0 bridgehead atoms. The average molecular weight is 485 g/mol.